The maximum Gasteiger partial charge on any atom is 0.244 e. The van der Waals surface area contributed by atoms with Gasteiger partial charge in [0.25, 0.3) is 0 Å². The third kappa shape index (κ3) is 3.52. The van der Waals surface area contributed by atoms with Gasteiger partial charge in [-0.2, -0.15) is 4.31 Å². The van der Waals surface area contributed by atoms with Crippen molar-refractivity contribution in [2.45, 2.75) is 24.3 Å². The number of pyridine rings is 1. The Kier molecular flexibility index (Phi) is 5.01. The van der Waals surface area contributed by atoms with Gasteiger partial charge in [-0.1, -0.05) is 23.2 Å². The summed E-state index contributed by atoms with van der Waals surface area (Å²) >= 11 is 12.1. The summed E-state index contributed by atoms with van der Waals surface area (Å²) in [6, 6.07) is 6.47. The molecule has 8 heteroatoms. The minimum absolute atomic E-state index is 0.0793. The lowest BCUT2D eigenvalue weighted by Crippen LogP contribution is -2.31. The smallest absolute Gasteiger partial charge is 0.244 e. The van der Waals surface area contributed by atoms with Gasteiger partial charge in [0.05, 0.1) is 11.6 Å². The number of rotatable bonds is 4. The van der Waals surface area contributed by atoms with E-state index in [0.29, 0.717) is 29.3 Å². The summed E-state index contributed by atoms with van der Waals surface area (Å²) in [7, 11) is -3.68. The van der Waals surface area contributed by atoms with Gasteiger partial charge in [-0.05, 0) is 43.2 Å². The Morgan fingerprint density at radius 3 is 2.62 bits per heavy atom. The van der Waals surface area contributed by atoms with E-state index < -0.39 is 10.0 Å². The van der Waals surface area contributed by atoms with Crippen LogP contribution in [0.3, 0.4) is 0 Å². The van der Waals surface area contributed by atoms with Gasteiger partial charge in [0.2, 0.25) is 10.0 Å². The molecule has 1 aromatic carbocycles. The van der Waals surface area contributed by atoms with Crippen molar-refractivity contribution in [3.63, 3.8) is 0 Å². The molecular weight excluding hydrogens is 371 g/mol. The molecule has 1 fully saturated rings. The summed E-state index contributed by atoms with van der Waals surface area (Å²) in [5.74, 6) is 0.676. The minimum Gasteiger partial charge on any atom is -0.489 e. The van der Waals surface area contributed by atoms with Crippen molar-refractivity contribution in [1.29, 1.82) is 0 Å². The second kappa shape index (κ2) is 6.88. The van der Waals surface area contributed by atoms with Crippen LogP contribution in [0.1, 0.15) is 12.0 Å². The van der Waals surface area contributed by atoms with Gasteiger partial charge in [-0.3, -0.25) is 4.98 Å². The van der Waals surface area contributed by atoms with Crippen LogP contribution in [0.2, 0.25) is 10.0 Å². The Labute approximate surface area is 151 Å². The molecule has 0 radical (unpaired) electrons. The predicted molar refractivity (Wildman–Crippen MR) is 93.2 cm³/mol. The van der Waals surface area contributed by atoms with Gasteiger partial charge >= 0.3 is 0 Å². The SMILES string of the molecule is Cc1cc(S(=O)(=O)N2CC[C@@H](Oc3ccncc3)C2)c(Cl)cc1Cl. The Bertz CT molecular complexity index is 844. The number of halogens is 2. The topological polar surface area (TPSA) is 59.5 Å². The number of hydrogen-bond donors (Lipinski definition) is 0. The molecule has 0 spiro atoms. The fraction of sp³-hybridized carbons (Fsp3) is 0.312. The summed E-state index contributed by atoms with van der Waals surface area (Å²) < 4.78 is 32.9. The van der Waals surface area contributed by atoms with E-state index in [-0.39, 0.29) is 22.6 Å². The molecule has 0 bridgehead atoms. The maximum atomic E-state index is 12.8. The molecule has 5 nitrogen and oxygen atoms in total. The fourth-order valence-corrected chi connectivity index (χ4v) is 4.88. The third-order valence-corrected chi connectivity index (χ3v) is 6.63. The Balaban J connectivity index is 1.78. The van der Waals surface area contributed by atoms with Crippen LogP contribution >= 0.6 is 23.2 Å². The highest BCUT2D eigenvalue weighted by Crippen LogP contribution is 2.32. The molecule has 128 valence electrons. The van der Waals surface area contributed by atoms with Crippen LogP contribution in [0.5, 0.6) is 5.75 Å². The third-order valence-electron chi connectivity index (χ3n) is 3.89. The van der Waals surface area contributed by atoms with Crippen molar-refractivity contribution in [1.82, 2.24) is 9.29 Å². The van der Waals surface area contributed by atoms with E-state index in [1.54, 1.807) is 31.5 Å². The van der Waals surface area contributed by atoms with Crippen LogP contribution in [0.4, 0.5) is 0 Å². The number of hydrogen-bond acceptors (Lipinski definition) is 4. The molecule has 1 atom stereocenters. The lowest BCUT2D eigenvalue weighted by molar-refractivity contribution is 0.215. The summed E-state index contributed by atoms with van der Waals surface area (Å²) in [6.45, 7) is 2.41. The van der Waals surface area contributed by atoms with Gasteiger partial charge in [0.15, 0.2) is 0 Å². The molecule has 1 aliphatic heterocycles. The molecule has 1 saturated heterocycles. The standard InChI is InChI=1S/C16H16Cl2N2O3S/c1-11-8-16(15(18)9-14(11)17)24(21,22)20-7-4-13(10-20)23-12-2-5-19-6-3-12/h2-3,5-6,8-9,13H,4,7,10H2,1H3/t13-/m1/s1. The second-order valence-corrected chi connectivity index (χ2v) is 8.33. The Morgan fingerprint density at radius 1 is 1.21 bits per heavy atom. The Hall–Kier alpha value is -1.34. The number of sulfonamides is 1. The fourth-order valence-electron chi connectivity index (χ4n) is 2.59. The number of aromatic nitrogens is 1. The van der Waals surface area contributed by atoms with Crippen molar-refractivity contribution >= 4 is 33.2 Å². The molecule has 2 heterocycles. The zero-order valence-corrected chi connectivity index (χ0v) is 15.3. The van der Waals surface area contributed by atoms with Crippen molar-refractivity contribution in [3.8, 4) is 5.75 Å². The summed E-state index contributed by atoms with van der Waals surface area (Å²) in [5, 5.41) is 0.573. The van der Waals surface area contributed by atoms with Gasteiger partial charge in [0, 0.05) is 24.0 Å². The normalized spacial score (nSPS) is 18.7. The highest BCUT2D eigenvalue weighted by atomic mass is 35.5. The maximum absolute atomic E-state index is 12.8. The van der Waals surface area contributed by atoms with Crippen LogP contribution in [0, 0.1) is 6.92 Å². The monoisotopic (exact) mass is 386 g/mol. The summed E-state index contributed by atoms with van der Waals surface area (Å²) in [6.07, 6.45) is 3.69. The summed E-state index contributed by atoms with van der Waals surface area (Å²) in [5.41, 5.74) is 0.670. The van der Waals surface area contributed by atoms with Crippen LogP contribution in [-0.4, -0.2) is 36.9 Å². The zero-order chi connectivity index (χ0) is 17.3. The molecule has 1 aromatic heterocycles. The average Bonchev–Trinajstić information content (AvgIpc) is 3.01. The van der Waals surface area contributed by atoms with Crippen molar-refractivity contribution in [2.24, 2.45) is 0 Å². The first kappa shape index (κ1) is 17.5. The highest BCUT2D eigenvalue weighted by molar-refractivity contribution is 7.89. The van der Waals surface area contributed by atoms with E-state index in [1.807, 2.05) is 0 Å². The quantitative estimate of drug-likeness (QED) is 0.805. The van der Waals surface area contributed by atoms with Gasteiger partial charge in [-0.25, -0.2) is 8.42 Å². The number of aryl methyl sites for hydroxylation is 1. The van der Waals surface area contributed by atoms with Crippen molar-refractivity contribution in [3.05, 3.63) is 52.3 Å². The van der Waals surface area contributed by atoms with Crippen molar-refractivity contribution < 1.29 is 13.2 Å². The Morgan fingerprint density at radius 2 is 1.92 bits per heavy atom. The van der Waals surface area contributed by atoms with Crippen LogP contribution in [-0.2, 0) is 10.0 Å². The molecule has 24 heavy (non-hydrogen) atoms. The zero-order valence-electron chi connectivity index (χ0n) is 12.9. The average molecular weight is 387 g/mol. The lowest BCUT2D eigenvalue weighted by Gasteiger charge is -2.18. The molecule has 0 N–H and O–H groups in total. The highest BCUT2D eigenvalue weighted by Gasteiger charge is 2.35. The van der Waals surface area contributed by atoms with Gasteiger partial charge < -0.3 is 4.74 Å². The van der Waals surface area contributed by atoms with E-state index in [9.17, 15) is 8.42 Å². The minimum atomic E-state index is -3.68. The summed E-state index contributed by atoms with van der Waals surface area (Å²) in [4.78, 5) is 4.01. The van der Waals surface area contributed by atoms with E-state index in [1.165, 1.54) is 16.4 Å². The molecule has 0 saturated carbocycles. The lowest BCUT2D eigenvalue weighted by atomic mass is 10.2. The van der Waals surface area contributed by atoms with Crippen LogP contribution < -0.4 is 4.74 Å². The molecule has 3 rings (SSSR count). The van der Waals surface area contributed by atoms with Crippen LogP contribution in [0.15, 0.2) is 41.6 Å². The van der Waals surface area contributed by atoms with Gasteiger partial charge in [-0.15, -0.1) is 0 Å². The van der Waals surface area contributed by atoms with E-state index >= 15 is 0 Å². The second-order valence-electron chi connectivity index (χ2n) is 5.61. The van der Waals surface area contributed by atoms with E-state index in [2.05, 4.69) is 4.98 Å². The molecule has 2 aromatic rings. The number of benzene rings is 1. The first-order valence-corrected chi connectivity index (χ1v) is 9.60. The molecule has 0 amide bonds. The molecule has 1 aliphatic rings. The van der Waals surface area contributed by atoms with E-state index in [0.717, 1.165) is 0 Å². The molecule has 0 unspecified atom stereocenters. The first-order chi connectivity index (χ1) is 11.4. The van der Waals surface area contributed by atoms with Crippen molar-refractivity contribution in [2.75, 3.05) is 13.1 Å². The van der Waals surface area contributed by atoms with E-state index in [4.69, 9.17) is 27.9 Å². The molecular formula is C16H16Cl2N2O3S. The van der Waals surface area contributed by atoms with Crippen LogP contribution in [0.25, 0.3) is 0 Å². The number of ether oxygens (including phenoxy) is 1. The molecule has 0 aliphatic carbocycles. The number of nitrogens with zero attached hydrogens (tertiary/aromatic N) is 2. The largest absolute Gasteiger partial charge is 0.489 e. The first-order valence-electron chi connectivity index (χ1n) is 7.40. The van der Waals surface area contributed by atoms with Gasteiger partial charge in [0.1, 0.15) is 16.7 Å². The predicted octanol–water partition coefficient (Wildman–Crippen LogP) is 3.54.